The van der Waals surface area contributed by atoms with Gasteiger partial charge < -0.3 is 24.1 Å². The van der Waals surface area contributed by atoms with E-state index in [1.165, 1.54) is 4.90 Å². The minimum absolute atomic E-state index is 0.145. The number of nitrogens with one attached hydrogen (secondary N) is 1. The lowest BCUT2D eigenvalue weighted by atomic mass is 9.94. The molecule has 0 bridgehead atoms. The largest absolute Gasteiger partial charge is 0.497 e. The van der Waals surface area contributed by atoms with Gasteiger partial charge in [0.15, 0.2) is 0 Å². The predicted octanol–water partition coefficient (Wildman–Crippen LogP) is 2.29. The molecule has 0 aliphatic carbocycles. The second kappa shape index (κ2) is 6.95. The number of likely N-dealkylation sites (N-methyl/N-ethyl adjacent to an activating group) is 1. The molecule has 0 saturated heterocycles. The molecule has 8 nitrogen and oxygen atoms in total. The Morgan fingerprint density at radius 3 is 2.71 bits per heavy atom. The zero-order valence-corrected chi connectivity index (χ0v) is 15.9. The molecule has 0 fully saturated rings. The first-order valence-electron chi connectivity index (χ1n) is 8.84. The van der Waals surface area contributed by atoms with Crippen LogP contribution in [0.1, 0.15) is 17.4 Å². The van der Waals surface area contributed by atoms with E-state index in [1.807, 2.05) is 6.07 Å². The van der Waals surface area contributed by atoms with Gasteiger partial charge in [0.25, 0.3) is 5.91 Å². The van der Waals surface area contributed by atoms with Crippen LogP contribution in [0.25, 0.3) is 0 Å². The lowest BCUT2D eigenvalue weighted by Gasteiger charge is -2.31. The molecule has 1 aromatic heterocycles. The zero-order valence-electron chi connectivity index (χ0n) is 15.9. The monoisotopic (exact) mass is 383 g/mol. The van der Waals surface area contributed by atoms with Crippen LogP contribution in [0.5, 0.6) is 11.5 Å². The van der Waals surface area contributed by atoms with Crippen LogP contribution in [0.4, 0.5) is 4.79 Å². The summed E-state index contributed by atoms with van der Waals surface area (Å²) in [6.07, 6.45) is 1.57. The first kappa shape index (κ1) is 18.0. The molecule has 2 aliphatic rings. The highest BCUT2D eigenvalue weighted by Crippen LogP contribution is 2.40. The number of nitrogens with zero attached hydrogens (tertiary/aromatic N) is 2. The minimum Gasteiger partial charge on any atom is -0.497 e. The van der Waals surface area contributed by atoms with Crippen molar-refractivity contribution in [3.05, 3.63) is 59.2 Å². The van der Waals surface area contributed by atoms with E-state index in [9.17, 15) is 9.59 Å². The second-order valence-corrected chi connectivity index (χ2v) is 6.65. The van der Waals surface area contributed by atoms with Gasteiger partial charge in [0.2, 0.25) is 0 Å². The third kappa shape index (κ3) is 2.87. The summed E-state index contributed by atoms with van der Waals surface area (Å²) in [7, 11) is 4.78. The highest BCUT2D eigenvalue weighted by atomic mass is 16.5. The van der Waals surface area contributed by atoms with E-state index in [-0.39, 0.29) is 11.9 Å². The standard InChI is InChI=1S/C20H21N3O5/c1-22-15-11-23(10-13-5-4-8-28-13)19(24)17(15)18(21-20(22)25)14-9-12(26-2)6-7-16(14)27-3/h4-9,18H,10-11H2,1-3H3,(H,21,25)/t18-/m0/s1. The maximum atomic E-state index is 13.2. The molecule has 4 rings (SSSR count). The van der Waals surface area contributed by atoms with Crippen LogP contribution < -0.4 is 14.8 Å². The van der Waals surface area contributed by atoms with E-state index < -0.39 is 6.04 Å². The van der Waals surface area contributed by atoms with Gasteiger partial charge in [-0.05, 0) is 30.3 Å². The number of amides is 3. The molecule has 0 unspecified atom stereocenters. The first-order valence-corrected chi connectivity index (χ1v) is 8.84. The van der Waals surface area contributed by atoms with Crippen molar-refractivity contribution in [1.82, 2.24) is 15.1 Å². The van der Waals surface area contributed by atoms with Crippen LogP contribution in [-0.4, -0.2) is 49.6 Å². The van der Waals surface area contributed by atoms with Crippen molar-refractivity contribution >= 4 is 11.9 Å². The summed E-state index contributed by atoms with van der Waals surface area (Å²) >= 11 is 0. The van der Waals surface area contributed by atoms with Crippen LogP contribution in [0.2, 0.25) is 0 Å². The van der Waals surface area contributed by atoms with E-state index in [1.54, 1.807) is 56.7 Å². The summed E-state index contributed by atoms with van der Waals surface area (Å²) in [6, 6.07) is 8.01. The number of hydrogen-bond acceptors (Lipinski definition) is 5. The van der Waals surface area contributed by atoms with Gasteiger partial charge in [-0.1, -0.05) is 0 Å². The fourth-order valence-electron chi connectivity index (χ4n) is 3.64. The molecule has 1 aromatic carbocycles. The SMILES string of the molecule is COc1ccc(OC)c([C@@H]2NC(=O)N(C)C3=C2C(=O)N(Cc2ccco2)C3)c1. The lowest BCUT2D eigenvalue weighted by Crippen LogP contribution is -2.45. The molecule has 1 N–H and O–H groups in total. The molecule has 146 valence electrons. The van der Waals surface area contributed by atoms with Gasteiger partial charge >= 0.3 is 6.03 Å². The van der Waals surface area contributed by atoms with Crippen LogP contribution in [0, 0.1) is 0 Å². The number of urea groups is 1. The Bertz CT molecular complexity index is 951. The van der Waals surface area contributed by atoms with Gasteiger partial charge in [-0.2, -0.15) is 0 Å². The van der Waals surface area contributed by atoms with Crippen molar-refractivity contribution in [2.24, 2.45) is 0 Å². The molecule has 2 aromatic rings. The third-order valence-electron chi connectivity index (χ3n) is 5.11. The highest BCUT2D eigenvalue weighted by Gasteiger charge is 2.43. The summed E-state index contributed by atoms with van der Waals surface area (Å²) < 4.78 is 16.2. The quantitative estimate of drug-likeness (QED) is 0.856. The van der Waals surface area contributed by atoms with Gasteiger partial charge in [0.1, 0.15) is 17.3 Å². The summed E-state index contributed by atoms with van der Waals surface area (Å²) in [5.41, 5.74) is 1.87. The fourth-order valence-corrected chi connectivity index (χ4v) is 3.64. The summed E-state index contributed by atoms with van der Waals surface area (Å²) in [5, 5.41) is 2.91. The van der Waals surface area contributed by atoms with Gasteiger partial charge in [0.05, 0.1) is 50.9 Å². The number of methoxy groups -OCH3 is 2. The van der Waals surface area contributed by atoms with Crippen LogP contribution in [-0.2, 0) is 11.3 Å². The third-order valence-corrected chi connectivity index (χ3v) is 5.11. The Hall–Kier alpha value is -3.42. The van der Waals surface area contributed by atoms with E-state index in [0.717, 1.165) is 0 Å². The molecule has 8 heteroatoms. The molecular formula is C20H21N3O5. The molecule has 3 amide bonds. The molecule has 1 atom stereocenters. The van der Waals surface area contributed by atoms with Crippen molar-refractivity contribution in [1.29, 1.82) is 0 Å². The Balaban J connectivity index is 1.75. The molecule has 3 heterocycles. The number of carbonyl (C=O) groups excluding carboxylic acids is 2. The van der Waals surface area contributed by atoms with Crippen molar-refractivity contribution < 1.29 is 23.5 Å². The lowest BCUT2D eigenvalue weighted by molar-refractivity contribution is -0.126. The molecule has 0 saturated carbocycles. The van der Waals surface area contributed by atoms with E-state index in [0.29, 0.717) is 47.2 Å². The number of carbonyl (C=O) groups is 2. The number of hydrogen-bond donors (Lipinski definition) is 1. The Morgan fingerprint density at radius 1 is 1.21 bits per heavy atom. The van der Waals surface area contributed by atoms with Crippen molar-refractivity contribution in [3.63, 3.8) is 0 Å². The summed E-state index contributed by atoms with van der Waals surface area (Å²) in [5.74, 6) is 1.72. The average molecular weight is 383 g/mol. The average Bonchev–Trinajstić information content (AvgIpc) is 3.33. The maximum Gasteiger partial charge on any atom is 0.322 e. The van der Waals surface area contributed by atoms with E-state index in [4.69, 9.17) is 13.9 Å². The van der Waals surface area contributed by atoms with Crippen molar-refractivity contribution in [2.45, 2.75) is 12.6 Å². The van der Waals surface area contributed by atoms with Crippen LogP contribution >= 0.6 is 0 Å². The zero-order chi connectivity index (χ0) is 19.8. The van der Waals surface area contributed by atoms with Crippen LogP contribution in [0.3, 0.4) is 0 Å². The molecule has 0 radical (unpaired) electrons. The number of rotatable bonds is 5. The molecule has 0 spiro atoms. The number of ether oxygens (including phenoxy) is 2. The Kier molecular flexibility index (Phi) is 4.46. The number of benzene rings is 1. The summed E-state index contributed by atoms with van der Waals surface area (Å²) in [4.78, 5) is 28.9. The van der Waals surface area contributed by atoms with Crippen LogP contribution in [0.15, 0.2) is 52.3 Å². The van der Waals surface area contributed by atoms with Crippen molar-refractivity contribution in [2.75, 3.05) is 27.8 Å². The predicted molar refractivity (Wildman–Crippen MR) is 99.7 cm³/mol. The normalized spacial score (nSPS) is 19.0. The number of furan rings is 1. The summed E-state index contributed by atoms with van der Waals surface area (Å²) in [6.45, 7) is 0.671. The highest BCUT2D eigenvalue weighted by molar-refractivity contribution is 6.01. The molecule has 2 aliphatic heterocycles. The Morgan fingerprint density at radius 2 is 2.04 bits per heavy atom. The van der Waals surface area contributed by atoms with Gasteiger partial charge in [0, 0.05) is 12.6 Å². The second-order valence-electron chi connectivity index (χ2n) is 6.65. The van der Waals surface area contributed by atoms with Gasteiger partial charge in [-0.25, -0.2) is 4.79 Å². The molecular weight excluding hydrogens is 362 g/mol. The fraction of sp³-hybridized carbons (Fsp3) is 0.300. The van der Waals surface area contributed by atoms with E-state index in [2.05, 4.69) is 5.32 Å². The van der Waals surface area contributed by atoms with E-state index >= 15 is 0 Å². The van der Waals surface area contributed by atoms with Gasteiger partial charge in [-0.15, -0.1) is 0 Å². The smallest absolute Gasteiger partial charge is 0.322 e. The first-order chi connectivity index (χ1) is 13.5. The topological polar surface area (TPSA) is 84.2 Å². The minimum atomic E-state index is -0.627. The molecule has 28 heavy (non-hydrogen) atoms. The Labute approximate surface area is 162 Å². The van der Waals surface area contributed by atoms with Gasteiger partial charge in [-0.3, -0.25) is 9.69 Å². The maximum absolute atomic E-state index is 13.2. The van der Waals surface area contributed by atoms with Crippen molar-refractivity contribution in [3.8, 4) is 11.5 Å².